The summed E-state index contributed by atoms with van der Waals surface area (Å²) in [6, 6.07) is 6.95. The summed E-state index contributed by atoms with van der Waals surface area (Å²) in [5, 5.41) is 9.32. The molecule has 5 heteroatoms. The highest BCUT2D eigenvalue weighted by Crippen LogP contribution is 2.25. The van der Waals surface area contributed by atoms with Gasteiger partial charge in [-0.1, -0.05) is 24.6 Å². The number of benzene rings is 1. The van der Waals surface area contributed by atoms with Crippen LogP contribution in [0.1, 0.15) is 18.9 Å². The molecule has 0 spiro atoms. The van der Waals surface area contributed by atoms with E-state index in [9.17, 15) is 4.79 Å². The van der Waals surface area contributed by atoms with Crippen LogP contribution in [0.5, 0.6) is 5.75 Å². The number of nitrogens with zero attached hydrogens (tertiary/aromatic N) is 1. The number of hydrogen-bond donors (Lipinski definition) is 0. The SMILES string of the molecule is CC/C(=C/COc1cccc(Cl)c1C#N)C(=O)OC. The molecular weight excluding hydrogens is 266 g/mol. The van der Waals surface area contributed by atoms with Gasteiger partial charge in [-0.2, -0.15) is 5.26 Å². The highest BCUT2D eigenvalue weighted by Gasteiger charge is 2.08. The van der Waals surface area contributed by atoms with Crippen molar-refractivity contribution in [3.8, 4) is 11.8 Å². The Morgan fingerprint density at radius 3 is 2.84 bits per heavy atom. The maximum atomic E-state index is 11.3. The topological polar surface area (TPSA) is 59.3 Å². The van der Waals surface area contributed by atoms with E-state index in [1.165, 1.54) is 7.11 Å². The molecule has 0 radical (unpaired) electrons. The molecule has 0 saturated heterocycles. The van der Waals surface area contributed by atoms with Gasteiger partial charge in [-0.25, -0.2) is 4.79 Å². The summed E-state index contributed by atoms with van der Waals surface area (Å²) in [4.78, 5) is 11.3. The normalized spacial score (nSPS) is 10.7. The molecule has 19 heavy (non-hydrogen) atoms. The average Bonchev–Trinajstić information content (AvgIpc) is 2.43. The minimum absolute atomic E-state index is 0.174. The summed E-state index contributed by atoms with van der Waals surface area (Å²) in [5.74, 6) is 0.0178. The van der Waals surface area contributed by atoms with Crippen LogP contribution in [0.25, 0.3) is 0 Å². The Kier molecular flexibility index (Phi) is 5.91. The van der Waals surface area contributed by atoms with E-state index in [0.29, 0.717) is 22.8 Å². The lowest BCUT2D eigenvalue weighted by atomic mass is 10.2. The number of nitriles is 1. The summed E-state index contributed by atoms with van der Waals surface area (Å²) in [7, 11) is 1.33. The van der Waals surface area contributed by atoms with Crippen molar-refractivity contribution in [2.75, 3.05) is 13.7 Å². The van der Waals surface area contributed by atoms with Gasteiger partial charge in [0.15, 0.2) is 0 Å². The van der Waals surface area contributed by atoms with Crippen molar-refractivity contribution in [3.63, 3.8) is 0 Å². The number of rotatable bonds is 5. The Bertz CT molecular complexity index is 532. The monoisotopic (exact) mass is 279 g/mol. The lowest BCUT2D eigenvalue weighted by Gasteiger charge is -2.07. The molecule has 0 N–H and O–H groups in total. The van der Waals surface area contributed by atoms with Gasteiger partial charge in [0.2, 0.25) is 0 Å². The van der Waals surface area contributed by atoms with Crippen molar-refractivity contribution in [1.29, 1.82) is 5.26 Å². The number of carbonyl (C=O) groups is 1. The third kappa shape index (κ3) is 4.01. The largest absolute Gasteiger partial charge is 0.488 e. The third-order valence-corrected chi connectivity index (χ3v) is 2.80. The maximum absolute atomic E-state index is 11.3. The highest BCUT2D eigenvalue weighted by atomic mass is 35.5. The molecule has 0 aliphatic heterocycles. The average molecular weight is 280 g/mol. The van der Waals surface area contributed by atoms with Crippen molar-refractivity contribution in [3.05, 3.63) is 40.4 Å². The molecular formula is C14H14ClNO3. The molecule has 0 aliphatic rings. The van der Waals surface area contributed by atoms with Crippen LogP contribution in [-0.4, -0.2) is 19.7 Å². The maximum Gasteiger partial charge on any atom is 0.333 e. The zero-order valence-electron chi connectivity index (χ0n) is 10.8. The number of methoxy groups -OCH3 is 1. The predicted molar refractivity (Wildman–Crippen MR) is 72.1 cm³/mol. The van der Waals surface area contributed by atoms with Gasteiger partial charge in [0, 0.05) is 5.57 Å². The summed E-state index contributed by atoms with van der Waals surface area (Å²) in [6.45, 7) is 2.02. The summed E-state index contributed by atoms with van der Waals surface area (Å²) in [5.41, 5.74) is 0.816. The molecule has 0 heterocycles. The van der Waals surface area contributed by atoms with Crippen LogP contribution in [0.4, 0.5) is 0 Å². The van der Waals surface area contributed by atoms with Gasteiger partial charge < -0.3 is 9.47 Å². The van der Waals surface area contributed by atoms with E-state index in [-0.39, 0.29) is 18.1 Å². The van der Waals surface area contributed by atoms with Crippen molar-refractivity contribution < 1.29 is 14.3 Å². The standard InChI is InChI=1S/C14H14ClNO3/c1-3-10(14(17)18-2)7-8-19-13-6-4-5-12(15)11(13)9-16/h4-7H,3,8H2,1-2H3/b10-7-. The number of halogens is 1. The van der Waals surface area contributed by atoms with E-state index in [1.54, 1.807) is 24.3 Å². The van der Waals surface area contributed by atoms with Crippen LogP contribution < -0.4 is 4.74 Å². The van der Waals surface area contributed by atoms with Crippen LogP contribution in [0, 0.1) is 11.3 Å². The van der Waals surface area contributed by atoms with Gasteiger partial charge in [-0.15, -0.1) is 0 Å². The zero-order chi connectivity index (χ0) is 14.3. The fourth-order valence-corrected chi connectivity index (χ4v) is 1.68. The Morgan fingerprint density at radius 1 is 1.53 bits per heavy atom. The van der Waals surface area contributed by atoms with Gasteiger partial charge >= 0.3 is 5.97 Å². The molecule has 4 nitrogen and oxygen atoms in total. The minimum Gasteiger partial charge on any atom is -0.488 e. The molecule has 0 bridgehead atoms. The molecule has 0 atom stereocenters. The Morgan fingerprint density at radius 2 is 2.26 bits per heavy atom. The first-order valence-corrected chi connectivity index (χ1v) is 6.10. The van der Waals surface area contributed by atoms with Crippen LogP contribution in [0.3, 0.4) is 0 Å². The smallest absolute Gasteiger partial charge is 0.333 e. The fourth-order valence-electron chi connectivity index (χ4n) is 1.47. The molecule has 1 rings (SSSR count). The molecule has 0 aromatic heterocycles. The molecule has 1 aromatic carbocycles. The first-order valence-electron chi connectivity index (χ1n) is 5.72. The molecule has 1 aromatic rings. The van der Waals surface area contributed by atoms with Gasteiger partial charge in [0.05, 0.1) is 12.1 Å². The van der Waals surface area contributed by atoms with Gasteiger partial charge in [0.1, 0.15) is 24.0 Å². The second-order valence-corrected chi connectivity index (χ2v) is 4.02. The molecule has 0 aliphatic carbocycles. The lowest BCUT2D eigenvalue weighted by Crippen LogP contribution is -2.06. The first-order chi connectivity index (χ1) is 9.13. The molecule has 0 fully saturated rings. The van der Waals surface area contributed by atoms with E-state index in [4.69, 9.17) is 21.6 Å². The van der Waals surface area contributed by atoms with Crippen molar-refractivity contribution in [2.45, 2.75) is 13.3 Å². The van der Waals surface area contributed by atoms with Crippen molar-refractivity contribution in [1.82, 2.24) is 0 Å². The van der Waals surface area contributed by atoms with Crippen molar-refractivity contribution in [2.24, 2.45) is 0 Å². The van der Waals surface area contributed by atoms with E-state index >= 15 is 0 Å². The molecule has 100 valence electrons. The highest BCUT2D eigenvalue weighted by molar-refractivity contribution is 6.31. The summed E-state index contributed by atoms with van der Waals surface area (Å²) in [6.07, 6.45) is 2.19. The van der Waals surface area contributed by atoms with Gasteiger partial charge in [-0.05, 0) is 24.6 Å². The Labute approximate surface area is 117 Å². The Hall–Kier alpha value is -1.99. The second-order valence-electron chi connectivity index (χ2n) is 3.61. The third-order valence-electron chi connectivity index (χ3n) is 2.48. The first kappa shape index (κ1) is 15.1. The molecule has 0 saturated carbocycles. The fraction of sp³-hybridized carbons (Fsp3) is 0.286. The van der Waals surface area contributed by atoms with E-state index in [0.717, 1.165) is 0 Å². The number of esters is 1. The van der Waals surface area contributed by atoms with E-state index < -0.39 is 0 Å². The molecule has 0 amide bonds. The van der Waals surface area contributed by atoms with Gasteiger partial charge in [0.25, 0.3) is 0 Å². The zero-order valence-corrected chi connectivity index (χ0v) is 11.5. The Balaban J connectivity index is 2.78. The minimum atomic E-state index is -0.377. The predicted octanol–water partition coefficient (Wildman–Crippen LogP) is 3.10. The quantitative estimate of drug-likeness (QED) is 0.614. The second kappa shape index (κ2) is 7.45. The lowest BCUT2D eigenvalue weighted by molar-refractivity contribution is -0.136. The van der Waals surface area contributed by atoms with Crippen LogP contribution >= 0.6 is 11.6 Å². The van der Waals surface area contributed by atoms with Crippen LogP contribution in [0.15, 0.2) is 29.8 Å². The molecule has 0 unspecified atom stereocenters. The summed E-state index contributed by atoms with van der Waals surface area (Å²) >= 11 is 5.88. The summed E-state index contributed by atoms with van der Waals surface area (Å²) < 4.78 is 10.1. The number of carbonyl (C=O) groups excluding carboxylic acids is 1. The van der Waals surface area contributed by atoms with Gasteiger partial charge in [-0.3, -0.25) is 0 Å². The van der Waals surface area contributed by atoms with E-state index in [2.05, 4.69) is 4.74 Å². The van der Waals surface area contributed by atoms with Crippen LogP contribution in [0.2, 0.25) is 5.02 Å². The van der Waals surface area contributed by atoms with Crippen LogP contribution in [-0.2, 0) is 9.53 Å². The number of hydrogen-bond acceptors (Lipinski definition) is 4. The number of ether oxygens (including phenoxy) is 2. The van der Waals surface area contributed by atoms with E-state index in [1.807, 2.05) is 13.0 Å². The van der Waals surface area contributed by atoms with Crippen molar-refractivity contribution >= 4 is 17.6 Å².